The van der Waals surface area contributed by atoms with Gasteiger partial charge in [0.05, 0.1) is 13.2 Å². The molecule has 0 saturated heterocycles. The van der Waals surface area contributed by atoms with Gasteiger partial charge in [0.15, 0.2) is 5.96 Å². The lowest BCUT2D eigenvalue weighted by molar-refractivity contribution is 0.0253. The first-order valence-electron chi connectivity index (χ1n) is 9.33. The van der Waals surface area contributed by atoms with Crippen LogP contribution in [0.5, 0.6) is 0 Å². The number of carbonyl (C=O) groups excluding carboxylic acids is 1. The van der Waals surface area contributed by atoms with Gasteiger partial charge in [-0.25, -0.2) is 4.79 Å². The minimum atomic E-state index is -0.487. The molecule has 27 heavy (non-hydrogen) atoms. The number of methoxy groups -OCH3 is 1. The van der Waals surface area contributed by atoms with E-state index in [4.69, 9.17) is 14.2 Å². The van der Waals surface area contributed by atoms with E-state index in [1.807, 2.05) is 27.7 Å². The van der Waals surface area contributed by atoms with Crippen molar-refractivity contribution in [3.63, 3.8) is 0 Å². The number of halogens is 1. The zero-order chi connectivity index (χ0) is 19.8. The molecule has 0 atom stereocenters. The molecule has 0 aromatic heterocycles. The minimum Gasteiger partial charge on any atom is -0.444 e. The molecule has 0 aliphatic heterocycles. The number of nitrogens with one attached hydrogen (secondary N) is 2. The van der Waals surface area contributed by atoms with Gasteiger partial charge in [-0.1, -0.05) is 6.92 Å². The first-order valence-corrected chi connectivity index (χ1v) is 9.33. The van der Waals surface area contributed by atoms with Gasteiger partial charge in [0.25, 0.3) is 0 Å². The van der Waals surface area contributed by atoms with Crippen molar-refractivity contribution in [3.05, 3.63) is 0 Å². The van der Waals surface area contributed by atoms with Crippen LogP contribution in [0.25, 0.3) is 0 Å². The Morgan fingerprint density at radius 2 is 1.74 bits per heavy atom. The second-order valence-corrected chi connectivity index (χ2v) is 6.85. The summed E-state index contributed by atoms with van der Waals surface area (Å²) in [7, 11) is 3.38. The maximum absolute atomic E-state index is 12.2. The Morgan fingerprint density at radius 1 is 1.07 bits per heavy atom. The van der Waals surface area contributed by atoms with E-state index in [1.165, 1.54) is 0 Å². The summed E-state index contributed by atoms with van der Waals surface area (Å²) in [5.41, 5.74) is -0.487. The molecule has 162 valence electrons. The van der Waals surface area contributed by atoms with Crippen LogP contribution < -0.4 is 10.6 Å². The van der Waals surface area contributed by atoms with Crippen molar-refractivity contribution >= 4 is 36.0 Å². The maximum Gasteiger partial charge on any atom is 0.410 e. The largest absolute Gasteiger partial charge is 0.444 e. The second-order valence-electron chi connectivity index (χ2n) is 6.85. The highest BCUT2D eigenvalue weighted by Crippen LogP contribution is 2.10. The summed E-state index contributed by atoms with van der Waals surface area (Å²) in [4.78, 5) is 18.1. The molecule has 0 rings (SSSR count). The number of ether oxygens (including phenoxy) is 3. The van der Waals surface area contributed by atoms with Crippen LogP contribution in [0.4, 0.5) is 4.79 Å². The average Bonchev–Trinajstić information content (AvgIpc) is 2.56. The van der Waals surface area contributed by atoms with E-state index in [1.54, 1.807) is 19.1 Å². The number of hydrogen-bond donors (Lipinski definition) is 2. The van der Waals surface area contributed by atoms with Gasteiger partial charge in [0.2, 0.25) is 0 Å². The molecule has 0 aromatic carbocycles. The molecule has 0 spiro atoms. The van der Waals surface area contributed by atoms with Gasteiger partial charge >= 0.3 is 6.09 Å². The molecule has 0 unspecified atom stereocenters. The monoisotopic (exact) mass is 502 g/mol. The summed E-state index contributed by atoms with van der Waals surface area (Å²) in [5.74, 6) is 0.711. The summed E-state index contributed by atoms with van der Waals surface area (Å²) in [6, 6.07) is 0. The fourth-order valence-corrected chi connectivity index (χ4v) is 2.05. The van der Waals surface area contributed by atoms with Crippen molar-refractivity contribution in [2.24, 2.45) is 4.99 Å². The predicted molar refractivity (Wildman–Crippen MR) is 120 cm³/mol. The van der Waals surface area contributed by atoms with Gasteiger partial charge in [0.1, 0.15) is 5.60 Å². The van der Waals surface area contributed by atoms with Gasteiger partial charge in [-0.05, 0) is 33.6 Å². The van der Waals surface area contributed by atoms with Gasteiger partial charge < -0.3 is 29.7 Å². The van der Waals surface area contributed by atoms with Crippen molar-refractivity contribution in [1.82, 2.24) is 15.5 Å². The third-order valence-electron chi connectivity index (χ3n) is 3.23. The zero-order valence-electron chi connectivity index (χ0n) is 17.8. The molecular weight excluding hydrogens is 463 g/mol. The lowest BCUT2D eigenvalue weighted by Crippen LogP contribution is -2.44. The average molecular weight is 502 g/mol. The van der Waals surface area contributed by atoms with Crippen LogP contribution >= 0.6 is 24.0 Å². The van der Waals surface area contributed by atoms with E-state index >= 15 is 0 Å². The Morgan fingerprint density at radius 3 is 2.30 bits per heavy atom. The van der Waals surface area contributed by atoms with E-state index < -0.39 is 5.60 Å². The molecule has 0 radical (unpaired) electrons. The number of nitrogens with zero attached hydrogens (tertiary/aromatic N) is 2. The molecule has 0 heterocycles. The third-order valence-corrected chi connectivity index (χ3v) is 3.23. The van der Waals surface area contributed by atoms with Crippen LogP contribution in [0.1, 0.15) is 40.5 Å². The molecular formula is C18H39IN4O4. The summed E-state index contributed by atoms with van der Waals surface area (Å²) in [6.07, 6.45) is 1.48. The van der Waals surface area contributed by atoms with Crippen molar-refractivity contribution in [2.75, 3.05) is 60.2 Å². The molecule has 0 aromatic rings. The van der Waals surface area contributed by atoms with Crippen LogP contribution in [0.3, 0.4) is 0 Å². The van der Waals surface area contributed by atoms with Gasteiger partial charge in [-0.2, -0.15) is 0 Å². The van der Waals surface area contributed by atoms with Crippen molar-refractivity contribution < 1.29 is 19.0 Å². The van der Waals surface area contributed by atoms with E-state index in [9.17, 15) is 4.79 Å². The first kappa shape index (κ1) is 28.4. The summed E-state index contributed by atoms with van der Waals surface area (Å²) < 4.78 is 15.8. The highest BCUT2D eigenvalue weighted by molar-refractivity contribution is 14.0. The van der Waals surface area contributed by atoms with Crippen molar-refractivity contribution in [3.8, 4) is 0 Å². The quantitative estimate of drug-likeness (QED) is 0.185. The summed E-state index contributed by atoms with van der Waals surface area (Å²) >= 11 is 0. The van der Waals surface area contributed by atoms with E-state index in [2.05, 4.69) is 15.6 Å². The number of rotatable bonds is 12. The van der Waals surface area contributed by atoms with Crippen molar-refractivity contribution in [1.29, 1.82) is 0 Å². The number of aliphatic imine (C=N–C) groups is 1. The molecule has 0 aliphatic rings. The van der Waals surface area contributed by atoms with Gasteiger partial charge in [-0.3, -0.25) is 4.99 Å². The van der Waals surface area contributed by atoms with Crippen LogP contribution in [0.15, 0.2) is 4.99 Å². The van der Waals surface area contributed by atoms with Crippen LogP contribution in [0.2, 0.25) is 0 Å². The smallest absolute Gasteiger partial charge is 0.410 e. The van der Waals surface area contributed by atoms with Crippen molar-refractivity contribution in [2.45, 2.75) is 46.1 Å². The highest BCUT2D eigenvalue weighted by atomic mass is 127. The van der Waals surface area contributed by atoms with Gasteiger partial charge in [-0.15, -0.1) is 24.0 Å². The molecule has 0 aliphatic carbocycles. The molecule has 8 nitrogen and oxygen atoms in total. The Labute approximate surface area is 181 Å². The number of carbonyl (C=O) groups is 1. The Balaban J connectivity index is 0. The lowest BCUT2D eigenvalue weighted by Gasteiger charge is -2.27. The van der Waals surface area contributed by atoms with Crippen LogP contribution in [-0.4, -0.2) is 82.7 Å². The van der Waals surface area contributed by atoms with Gasteiger partial charge in [0, 0.05) is 46.9 Å². The van der Waals surface area contributed by atoms with E-state index in [0.29, 0.717) is 45.4 Å². The molecule has 9 heteroatoms. The Kier molecular flexibility index (Phi) is 18.2. The highest BCUT2D eigenvalue weighted by Gasteiger charge is 2.21. The minimum absolute atomic E-state index is 0. The van der Waals surface area contributed by atoms with Crippen LogP contribution in [-0.2, 0) is 14.2 Å². The maximum atomic E-state index is 12.2. The fraction of sp³-hybridized carbons (Fsp3) is 0.889. The third kappa shape index (κ3) is 17.0. The van der Waals surface area contributed by atoms with E-state index in [-0.39, 0.29) is 30.1 Å². The van der Waals surface area contributed by atoms with Crippen LogP contribution in [0, 0.1) is 0 Å². The molecule has 0 bridgehead atoms. The number of guanidine groups is 1. The standard InChI is InChI=1S/C18H38N4O4.HI/c1-7-11-22(17(23)26-18(2,3)4)12-10-21-16(19-5)20-9-8-13-25-15-14-24-6;/h7-15H2,1-6H3,(H2,19,20,21);1H. The molecule has 2 N–H and O–H groups in total. The zero-order valence-corrected chi connectivity index (χ0v) is 20.1. The Bertz CT molecular complexity index is 403. The SMILES string of the molecule is CCCN(CCNC(=NC)NCCCOCCOC)C(=O)OC(C)(C)C.I. The first-order chi connectivity index (χ1) is 12.3. The normalized spacial score (nSPS) is 11.6. The lowest BCUT2D eigenvalue weighted by atomic mass is 10.2. The number of amides is 1. The molecule has 0 fully saturated rings. The molecule has 1 amide bonds. The predicted octanol–water partition coefficient (Wildman–Crippen LogP) is 2.47. The Hall–Kier alpha value is -0.810. The fourth-order valence-electron chi connectivity index (χ4n) is 2.05. The summed E-state index contributed by atoms with van der Waals surface area (Å²) in [5, 5.41) is 6.44. The number of hydrogen-bond acceptors (Lipinski definition) is 5. The molecule has 0 saturated carbocycles. The topological polar surface area (TPSA) is 84.4 Å². The van der Waals surface area contributed by atoms with E-state index in [0.717, 1.165) is 19.4 Å². The summed E-state index contributed by atoms with van der Waals surface area (Å²) in [6.45, 7) is 12.2. The second kappa shape index (κ2) is 17.3.